The maximum Gasteiger partial charge on any atom is 0.232 e. The van der Waals surface area contributed by atoms with E-state index >= 15 is 0 Å². The second-order valence-electron chi connectivity index (χ2n) is 6.23. The third-order valence-electron chi connectivity index (χ3n) is 4.56. The fourth-order valence-electron chi connectivity index (χ4n) is 3.29. The lowest BCUT2D eigenvalue weighted by Crippen LogP contribution is -2.29. The minimum absolute atomic E-state index is 0.113. The first-order chi connectivity index (χ1) is 11.7. The fourth-order valence-corrected chi connectivity index (χ4v) is 3.94. The molecule has 2 aliphatic rings. The van der Waals surface area contributed by atoms with Gasteiger partial charge in [-0.05, 0) is 49.5 Å². The summed E-state index contributed by atoms with van der Waals surface area (Å²) in [5.41, 5.74) is 1.26. The van der Waals surface area contributed by atoms with Crippen molar-refractivity contribution in [2.45, 2.75) is 25.8 Å². The SMILES string of the molecule is O=C1/C(=C\c2cccs2)Oc2c1ccc(O)c2CN1CCCCC1. The number of ketones is 1. The van der Waals surface area contributed by atoms with Crippen molar-refractivity contribution in [3.63, 3.8) is 0 Å². The van der Waals surface area contributed by atoms with Crippen LogP contribution < -0.4 is 4.74 Å². The maximum absolute atomic E-state index is 12.6. The summed E-state index contributed by atoms with van der Waals surface area (Å²) in [5.74, 6) is 0.939. The van der Waals surface area contributed by atoms with Crippen LogP contribution in [-0.4, -0.2) is 28.9 Å². The van der Waals surface area contributed by atoms with Gasteiger partial charge < -0.3 is 9.84 Å². The van der Waals surface area contributed by atoms with E-state index in [1.807, 2.05) is 17.5 Å². The number of ether oxygens (including phenoxy) is 1. The highest BCUT2D eigenvalue weighted by Gasteiger charge is 2.31. The topological polar surface area (TPSA) is 49.8 Å². The average Bonchev–Trinajstić information content (AvgIpc) is 3.21. The predicted octanol–water partition coefficient (Wildman–Crippen LogP) is 4.06. The van der Waals surface area contributed by atoms with E-state index < -0.39 is 0 Å². The largest absolute Gasteiger partial charge is 0.507 e. The highest BCUT2D eigenvalue weighted by Crippen LogP contribution is 2.40. The van der Waals surface area contributed by atoms with Crippen molar-refractivity contribution in [2.24, 2.45) is 0 Å². The van der Waals surface area contributed by atoms with Gasteiger partial charge in [0.2, 0.25) is 5.78 Å². The number of hydrogen-bond donors (Lipinski definition) is 1. The molecule has 0 aliphatic carbocycles. The van der Waals surface area contributed by atoms with Gasteiger partial charge in [-0.2, -0.15) is 0 Å². The van der Waals surface area contributed by atoms with E-state index in [0.717, 1.165) is 23.5 Å². The van der Waals surface area contributed by atoms with Crippen LogP contribution in [0.2, 0.25) is 0 Å². The minimum Gasteiger partial charge on any atom is -0.507 e. The number of nitrogens with zero attached hydrogens (tertiary/aromatic N) is 1. The average molecular weight is 341 g/mol. The van der Waals surface area contributed by atoms with Gasteiger partial charge in [0, 0.05) is 17.5 Å². The van der Waals surface area contributed by atoms with Crippen LogP contribution in [0.25, 0.3) is 6.08 Å². The molecule has 1 saturated heterocycles. The van der Waals surface area contributed by atoms with Gasteiger partial charge in [-0.25, -0.2) is 0 Å². The Hall–Kier alpha value is -2.11. The van der Waals surface area contributed by atoms with Gasteiger partial charge in [0.15, 0.2) is 5.76 Å². The molecular formula is C19H19NO3S. The number of phenols is 1. The Labute approximate surface area is 145 Å². The summed E-state index contributed by atoms with van der Waals surface area (Å²) in [6.45, 7) is 2.67. The number of thiophene rings is 1. The van der Waals surface area contributed by atoms with Crippen molar-refractivity contribution in [1.29, 1.82) is 0 Å². The summed E-state index contributed by atoms with van der Waals surface area (Å²) in [6.07, 6.45) is 5.39. The first-order valence-corrected chi connectivity index (χ1v) is 9.15. The van der Waals surface area contributed by atoms with Crippen molar-refractivity contribution < 1.29 is 14.6 Å². The van der Waals surface area contributed by atoms with Crippen LogP contribution in [0, 0.1) is 0 Å². The number of fused-ring (bicyclic) bond motifs is 1. The molecule has 0 bridgehead atoms. The molecule has 5 heteroatoms. The standard InChI is InChI=1S/C19H19NO3S/c21-16-7-6-14-18(22)17(11-13-5-4-10-24-13)23-19(14)15(16)12-20-8-2-1-3-9-20/h4-7,10-11,21H,1-3,8-9,12H2/b17-11+. The number of carbonyl (C=O) groups excluding carboxylic acids is 1. The van der Waals surface area contributed by atoms with Crippen LogP contribution in [0.1, 0.15) is 40.1 Å². The van der Waals surface area contributed by atoms with Crippen LogP contribution in [0.5, 0.6) is 11.5 Å². The molecule has 0 radical (unpaired) electrons. The quantitative estimate of drug-likeness (QED) is 0.856. The smallest absolute Gasteiger partial charge is 0.232 e. The zero-order valence-corrected chi connectivity index (χ0v) is 14.1. The number of phenolic OH excluding ortho intramolecular Hbond substituents is 1. The summed E-state index contributed by atoms with van der Waals surface area (Å²) >= 11 is 1.56. The number of rotatable bonds is 3. The molecular weight excluding hydrogens is 322 g/mol. The zero-order chi connectivity index (χ0) is 16.5. The normalized spacial score (nSPS) is 19.5. The van der Waals surface area contributed by atoms with E-state index in [9.17, 15) is 9.90 Å². The number of aromatic hydroxyl groups is 1. The molecule has 0 amide bonds. The van der Waals surface area contributed by atoms with E-state index in [1.54, 1.807) is 29.5 Å². The van der Waals surface area contributed by atoms with Gasteiger partial charge in [0.25, 0.3) is 0 Å². The van der Waals surface area contributed by atoms with Crippen molar-refractivity contribution in [1.82, 2.24) is 4.90 Å². The molecule has 1 fully saturated rings. The Balaban J connectivity index is 1.66. The third kappa shape index (κ3) is 2.85. The van der Waals surface area contributed by atoms with Gasteiger partial charge in [-0.15, -0.1) is 11.3 Å². The van der Waals surface area contributed by atoms with Crippen LogP contribution in [-0.2, 0) is 6.54 Å². The Morgan fingerprint density at radius 3 is 2.79 bits per heavy atom. The number of hydrogen-bond acceptors (Lipinski definition) is 5. The minimum atomic E-state index is -0.113. The van der Waals surface area contributed by atoms with E-state index in [0.29, 0.717) is 23.6 Å². The van der Waals surface area contributed by atoms with Crippen LogP contribution in [0.4, 0.5) is 0 Å². The van der Waals surface area contributed by atoms with Crippen LogP contribution in [0.3, 0.4) is 0 Å². The molecule has 3 heterocycles. The van der Waals surface area contributed by atoms with Gasteiger partial charge in [0.05, 0.1) is 11.1 Å². The highest BCUT2D eigenvalue weighted by molar-refractivity contribution is 7.10. The molecule has 4 rings (SSSR count). The van der Waals surface area contributed by atoms with Crippen LogP contribution in [0.15, 0.2) is 35.4 Å². The first kappa shape index (κ1) is 15.4. The monoisotopic (exact) mass is 341 g/mol. The number of allylic oxidation sites excluding steroid dienone is 1. The number of benzene rings is 1. The van der Waals surface area contributed by atoms with Crippen molar-refractivity contribution in [3.05, 3.63) is 51.4 Å². The lowest BCUT2D eigenvalue weighted by Gasteiger charge is -2.27. The van der Waals surface area contributed by atoms with E-state index in [4.69, 9.17) is 4.74 Å². The number of carbonyl (C=O) groups is 1. The molecule has 1 aromatic carbocycles. The Kier molecular flexibility index (Phi) is 4.12. The molecule has 0 spiro atoms. The molecule has 0 saturated carbocycles. The van der Waals surface area contributed by atoms with E-state index in [1.165, 1.54) is 19.3 Å². The summed E-state index contributed by atoms with van der Waals surface area (Å²) < 4.78 is 5.88. The lowest BCUT2D eigenvalue weighted by molar-refractivity contribution is 0.101. The number of Topliss-reactive ketones (excluding diaryl/α,β-unsaturated/α-hetero) is 1. The highest BCUT2D eigenvalue weighted by atomic mass is 32.1. The van der Waals surface area contributed by atoms with Crippen molar-refractivity contribution in [2.75, 3.05) is 13.1 Å². The van der Waals surface area contributed by atoms with Gasteiger partial charge >= 0.3 is 0 Å². The Morgan fingerprint density at radius 2 is 2.04 bits per heavy atom. The van der Waals surface area contributed by atoms with Gasteiger partial charge in [-0.1, -0.05) is 12.5 Å². The number of piperidine rings is 1. The van der Waals surface area contributed by atoms with Crippen molar-refractivity contribution >= 4 is 23.2 Å². The molecule has 124 valence electrons. The molecule has 1 aromatic heterocycles. The molecule has 2 aliphatic heterocycles. The molecule has 2 aromatic rings. The van der Waals surface area contributed by atoms with Crippen molar-refractivity contribution in [3.8, 4) is 11.5 Å². The zero-order valence-electron chi connectivity index (χ0n) is 13.3. The molecule has 0 unspecified atom stereocenters. The van der Waals surface area contributed by atoms with E-state index in [2.05, 4.69) is 4.90 Å². The van der Waals surface area contributed by atoms with Gasteiger partial charge in [-0.3, -0.25) is 9.69 Å². The summed E-state index contributed by atoms with van der Waals surface area (Å²) in [6, 6.07) is 7.15. The molecule has 0 atom stereocenters. The molecule has 1 N–H and O–H groups in total. The van der Waals surface area contributed by atoms with Gasteiger partial charge in [0.1, 0.15) is 11.5 Å². The second kappa shape index (κ2) is 6.42. The summed E-state index contributed by atoms with van der Waals surface area (Å²) in [4.78, 5) is 15.9. The van der Waals surface area contributed by atoms with Crippen LogP contribution >= 0.6 is 11.3 Å². The lowest BCUT2D eigenvalue weighted by atomic mass is 10.0. The predicted molar refractivity (Wildman–Crippen MR) is 94.5 cm³/mol. The summed E-state index contributed by atoms with van der Waals surface area (Å²) in [5, 5.41) is 12.3. The first-order valence-electron chi connectivity index (χ1n) is 8.27. The number of likely N-dealkylation sites (tertiary alicyclic amines) is 1. The second-order valence-corrected chi connectivity index (χ2v) is 7.21. The Morgan fingerprint density at radius 1 is 1.21 bits per heavy atom. The molecule has 4 nitrogen and oxygen atoms in total. The maximum atomic E-state index is 12.6. The summed E-state index contributed by atoms with van der Waals surface area (Å²) in [7, 11) is 0. The molecule has 24 heavy (non-hydrogen) atoms. The van der Waals surface area contributed by atoms with E-state index in [-0.39, 0.29) is 11.5 Å². The fraction of sp³-hybridized carbons (Fsp3) is 0.316. The Bertz CT molecular complexity index is 789. The third-order valence-corrected chi connectivity index (χ3v) is 5.38.